The van der Waals surface area contributed by atoms with Crippen LogP contribution in [0.25, 0.3) is 0 Å². The molecule has 100 valence electrons. The first kappa shape index (κ1) is 14.2. The first-order valence-electron chi connectivity index (χ1n) is 5.18. The van der Waals surface area contributed by atoms with Crippen LogP contribution in [0.15, 0.2) is 34.8 Å². The molecule has 2 aromatic rings. The molecule has 19 heavy (non-hydrogen) atoms. The van der Waals surface area contributed by atoms with Gasteiger partial charge in [0.15, 0.2) is 17.4 Å². The molecule has 0 radical (unpaired) electrons. The zero-order valence-electron chi connectivity index (χ0n) is 9.39. The van der Waals surface area contributed by atoms with Crippen molar-refractivity contribution in [3.8, 4) is 11.5 Å². The van der Waals surface area contributed by atoms with Gasteiger partial charge in [0.25, 0.3) is 0 Å². The Morgan fingerprint density at radius 1 is 1.05 bits per heavy atom. The van der Waals surface area contributed by atoms with E-state index in [1.807, 2.05) is 0 Å². The van der Waals surface area contributed by atoms with Crippen molar-refractivity contribution in [1.29, 1.82) is 0 Å². The van der Waals surface area contributed by atoms with E-state index in [2.05, 4.69) is 15.9 Å². The molecule has 0 heterocycles. The van der Waals surface area contributed by atoms with Gasteiger partial charge >= 0.3 is 0 Å². The number of alkyl halides is 1. The molecule has 2 rings (SSSR count). The maximum absolute atomic E-state index is 13.7. The minimum atomic E-state index is -0.896. The first-order valence-corrected chi connectivity index (χ1v) is 6.51. The third-order valence-electron chi connectivity index (χ3n) is 2.32. The quantitative estimate of drug-likeness (QED) is 0.673. The largest absolute Gasteiger partial charge is 0.450 e. The molecule has 0 aromatic heterocycles. The second-order valence-electron chi connectivity index (χ2n) is 3.70. The van der Waals surface area contributed by atoms with E-state index in [0.717, 1.165) is 18.2 Å². The summed E-state index contributed by atoms with van der Waals surface area (Å²) in [7, 11) is 0. The maximum atomic E-state index is 13.7. The van der Waals surface area contributed by atoms with Crippen molar-refractivity contribution < 1.29 is 17.9 Å². The number of rotatable bonds is 3. The van der Waals surface area contributed by atoms with Gasteiger partial charge in [0.05, 0.1) is 4.47 Å². The van der Waals surface area contributed by atoms with Crippen LogP contribution in [0.3, 0.4) is 0 Å². The van der Waals surface area contributed by atoms with Crippen LogP contribution in [-0.2, 0) is 5.88 Å². The lowest BCUT2D eigenvalue weighted by atomic mass is 10.2. The van der Waals surface area contributed by atoms with Crippen molar-refractivity contribution >= 4 is 27.5 Å². The van der Waals surface area contributed by atoms with Crippen LogP contribution in [0.5, 0.6) is 11.5 Å². The van der Waals surface area contributed by atoms with E-state index in [1.165, 1.54) is 12.1 Å². The smallest absolute Gasteiger partial charge is 0.198 e. The summed E-state index contributed by atoms with van der Waals surface area (Å²) in [5.41, 5.74) is 0.294. The average molecular weight is 352 g/mol. The van der Waals surface area contributed by atoms with Gasteiger partial charge in [-0.15, -0.1) is 11.6 Å². The third-order valence-corrected chi connectivity index (χ3v) is 3.28. The van der Waals surface area contributed by atoms with Crippen molar-refractivity contribution in [3.63, 3.8) is 0 Å². The third kappa shape index (κ3) is 3.22. The van der Waals surface area contributed by atoms with Crippen molar-refractivity contribution in [2.75, 3.05) is 0 Å². The van der Waals surface area contributed by atoms with Crippen LogP contribution in [0.1, 0.15) is 5.56 Å². The second-order valence-corrected chi connectivity index (χ2v) is 4.82. The van der Waals surface area contributed by atoms with E-state index in [1.54, 1.807) is 0 Å². The Morgan fingerprint density at radius 2 is 1.68 bits per heavy atom. The fraction of sp³-hybridized carbons (Fsp3) is 0.0769. The lowest BCUT2D eigenvalue weighted by Gasteiger charge is -2.10. The van der Waals surface area contributed by atoms with Crippen molar-refractivity contribution in [3.05, 3.63) is 57.8 Å². The summed E-state index contributed by atoms with van der Waals surface area (Å²) in [6.45, 7) is 0. The summed E-state index contributed by atoms with van der Waals surface area (Å²) in [5.74, 6) is -3.00. The second kappa shape index (κ2) is 5.84. The molecule has 0 spiro atoms. The molecule has 1 nitrogen and oxygen atoms in total. The van der Waals surface area contributed by atoms with Crippen LogP contribution in [0, 0.1) is 17.5 Å². The van der Waals surface area contributed by atoms with Crippen LogP contribution < -0.4 is 4.74 Å². The SMILES string of the molecule is Fc1ccc(Br)c(Oc2c(F)cc(CCl)cc2F)c1. The summed E-state index contributed by atoms with van der Waals surface area (Å²) in [4.78, 5) is 0. The van der Waals surface area contributed by atoms with Crippen molar-refractivity contribution in [1.82, 2.24) is 0 Å². The fourth-order valence-corrected chi connectivity index (χ4v) is 1.93. The zero-order valence-corrected chi connectivity index (χ0v) is 11.7. The monoisotopic (exact) mass is 350 g/mol. The standard InChI is InChI=1S/C13H7BrClF3O/c14-9-2-1-8(16)5-12(9)19-13-10(17)3-7(6-15)4-11(13)18/h1-5H,6H2. The van der Waals surface area contributed by atoms with Gasteiger partial charge in [-0.3, -0.25) is 0 Å². The molecule has 0 aliphatic carbocycles. The van der Waals surface area contributed by atoms with E-state index in [4.69, 9.17) is 16.3 Å². The average Bonchev–Trinajstić information content (AvgIpc) is 2.37. The van der Waals surface area contributed by atoms with E-state index in [0.29, 0.717) is 10.0 Å². The van der Waals surface area contributed by atoms with Gasteiger partial charge in [0.2, 0.25) is 0 Å². The van der Waals surface area contributed by atoms with Gasteiger partial charge in [-0.2, -0.15) is 0 Å². The Balaban J connectivity index is 2.41. The molecule has 6 heteroatoms. The van der Waals surface area contributed by atoms with E-state index in [9.17, 15) is 13.2 Å². The fourth-order valence-electron chi connectivity index (χ4n) is 1.45. The van der Waals surface area contributed by atoms with Gasteiger partial charge in [-0.25, -0.2) is 13.2 Å². The highest BCUT2D eigenvalue weighted by Gasteiger charge is 2.15. The van der Waals surface area contributed by atoms with Gasteiger partial charge in [-0.1, -0.05) is 0 Å². The first-order chi connectivity index (χ1) is 9.01. The molecule has 0 aliphatic rings. The minimum Gasteiger partial charge on any atom is -0.450 e. The topological polar surface area (TPSA) is 9.23 Å². The number of hydrogen-bond donors (Lipinski definition) is 0. The number of ether oxygens (including phenoxy) is 1. The molecular weight excluding hydrogens is 344 g/mol. The molecule has 0 bridgehead atoms. The molecule has 0 saturated carbocycles. The van der Waals surface area contributed by atoms with Crippen molar-refractivity contribution in [2.45, 2.75) is 5.88 Å². The van der Waals surface area contributed by atoms with Crippen LogP contribution in [-0.4, -0.2) is 0 Å². The normalized spacial score (nSPS) is 10.6. The van der Waals surface area contributed by atoms with Crippen molar-refractivity contribution in [2.24, 2.45) is 0 Å². The van der Waals surface area contributed by atoms with Crippen LogP contribution in [0.2, 0.25) is 0 Å². The molecule has 2 aromatic carbocycles. The molecular formula is C13H7BrClF3O. The van der Waals surface area contributed by atoms with Gasteiger partial charge < -0.3 is 4.74 Å². The Bertz CT molecular complexity index is 596. The summed E-state index contributed by atoms with van der Waals surface area (Å²) in [6.07, 6.45) is 0. The number of halogens is 5. The molecule has 0 saturated heterocycles. The molecule has 0 amide bonds. The molecule has 0 N–H and O–H groups in total. The van der Waals surface area contributed by atoms with Crippen LogP contribution >= 0.6 is 27.5 Å². The molecule has 0 fully saturated rings. The highest BCUT2D eigenvalue weighted by Crippen LogP contribution is 2.33. The summed E-state index contributed by atoms with van der Waals surface area (Å²) >= 11 is 8.61. The predicted octanol–water partition coefficient (Wildman–Crippen LogP) is 5.40. The highest BCUT2D eigenvalue weighted by atomic mass is 79.9. The Morgan fingerprint density at radius 3 is 2.26 bits per heavy atom. The number of benzene rings is 2. The molecule has 0 atom stereocenters. The van der Waals surface area contributed by atoms with Gasteiger partial charge in [0, 0.05) is 11.9 Å². The Labute approximate surface area is 121 Å². The van der Waals surface area contributed by atoms with E-state index < -0.39 is 23.2 Å². The Kier molecular flexibility index (Phi) is 4.37. The predicted molar refractivity (Wildman–Crippen MR) is 70.1 cm³/mol. The summed E-state index contributed by atoms with van der Waals surface area (Å²) in [5, 5.41) is 0. The highest BCUT2D eigenvalue weighted by molar-refractivity contribution is 9.10. The lowest BCUT2D eigenvalue weighted by Crippen LogP contribution is -1.96. The molecule has 0 unspecified atom stereocenters. The van der Waals surface area contributed by atoms with Gasteiger partial charge in [-0.05, 0) is 45.8 Å². The Hall–Kier alpha value is -1.20. The molecule has 0 aliphatic heterocycles. The minimum absolute atomic E-state index is 0.0161. The maximum Gasteiger partial charge on any atom is 0.198 e. The van der Waals surface area contributed by atoms with E-state index >= 15 is 0 Å². The zero-order chi connectivity index (χ0) is 14.0. The van der Waals surface area contributed by atoms with E-state index in [-0.39, 0.29) is 11.6 Å². The summed E-state index contributed by atoms with van der Waals surface area (Å²) < 4.78 is 45.9. The number of hydrogen-bond acceptors (Lipinski definition) is 1. The lowest BCUT2D eigenvalue weighted by molar-refractivity contribution is 0.402. The van der Waals surface area contributed by atoms with Crippen LogP contribution in [0.4, 0.5) is 13.2 Å². The van der Waals surface area contributed by atoms with Gasteiger partial charge in [0.1, 0.15) is 11.6 Å². The summed E-state index contributed by atoms with van der Waals surface area (Å²) in [6, 6.07) is 5.74.